The molecule has 0 saturated heterocycles. The van der Waals surface area contributed by atoms with Crippen molar-refractivity contribution in [3.63, 3.8) is 0 Å². The van der Waals surface area contributed by atoms with Gasteiger partial charge in [-0.3, -0.25) is 0 Å². The summed E-state index contributed by atoms with van der Waals surface area (Å²) in [6.45, 7) is 0. The molecule has 0 saturated carbocycles. The number of carbonyl (C=O) groups excluding carboxylic acids is 2. The zero-order chi connectivity index (χ0) is 8.85. The number of rotatable bonds is 0. The van der Waals surface area contributed by atoms with Gasteiger partial charge in [-0.25, -0.2) is 13.8 Å². The zero-order valence-electron chi connectivity index (χ0n) is 5.05. The topological polar surface area (TPSA) is 104 Å². The van der Waals surface area contributed by atoms with Crippen LogP contribution in [0.2, 0.25) is 0 Å². The van der Waals surface area contributed by atoms with Gasteiger partial charge in [0.1, 0.15) is 0 Å². The Morgan fingerprint density at radius 2 is 1.64 bits per heavy atom. The van der Waals surface area contributed by atoms with Crippen LogP contribution in [-0.4, -0.2) is 25.3 Å². The molecule has 62 valence electrons. The second-order valence-corrected chi connectivity index (χ2v) is 1.72. The highest BCUT2D eigenvalue weighted by molar-refractivity contribution is 7.73. The number of carbonyl (C=O) groups is 2. The molecular weight excluding hydrogens is 176 g/mol. The van der Waals surface area contributed by atoms with Gasteiger partial charge in [0.2, 0.25) is 0 Å². The van der Waals surface area contributed by atoms with Gasteiger partial charge < -0.3 is 13.8 Å². The first kappa shape index (κ1) is 9.95. The SMILES string of the molecule is O=C1C=CC(=O)O1.O=S([O-])O. The summed E-state index contributed by atoms with van der Waals surface area (Å²) < 4.78 is 28.1. The first-order chi connectivity index (χ1) is 5.02. The molecule has 1 heterocycles. The van der Waals surface area contributed by atoms with Crippen LogP contribution in [0.4, 0.5) is 0 Å². The van der Waals surface area contributed by atoms with Gasteiger partial charge in [-0.1, -0.05) is 0 Å². The van der Waals surface area contributed by atoms with Crippen molar-refractivity contribution in [2.75, 3.05) is 0 Å². The van der Waals surface area contributed by atoms with E-state index in [1.807, 2.05) is 0 Å². The van der Waals surface area contributed by atoms with Crippen LogP contribution in [0.25, 0.3) is 0 Å². The Bertz CT molecular complexity index is 199. The molecule has 0 aliphatic carbocycles. The minimum absolute atomic E-state index is 0.579. The van der Waals surface area contributed by atoms with Gasteiger partial charge in [0, 0.05) is 12.2 Å². The lowest BCUT2D eigenvalue weighted by atomic mass is 10.6. The smallest absolute Gasteiger partial charge is 0.338 e. The minimum Gasteiger partial charge on any atom is -0.750 e. The summed E-state index contributed by atoms with van der Waals surface area (Å²) in [4.78, 5) is 19.8. The van der Waals surface area contributed by atoms with E-state index in [4.69, 9.17) is 13.3 Å². The Morgan fingerprint density at radius 3 is 1.73 bits per heavy atom. The molecule has 0 amide bonds. The average Bonchev–Trinajstić information content (AvgIpc) is 2.13. The molecule has 1 rings (SSSR count). The second-order valence-electron chi connectivity index (χ2n) is 1.29. The molecule has 0 spiro atoms. The van der Waals surface area contributed by atoms with Crippen LogP contribution in [0, 0.1) is 0 Å². The summed E-state index contributed by atoms with van der Waals surface area (Å²) in [6, 6.07) is 0. The van der Waals surface area contributed by atoms with E-state index in [0.29, 0.717) is 0 Å². The highest BCUT2D eigenvalue weighted by Gasteiger charge is 2.10. The Hall–Kier alpha value is -1.05. The molecule has 1 atom stereocenters. The molecule has 6 nitrogen and oxygen atoms in total. The normalized spacial score (nSPS) is 16.9. The number of hydrogen-bond donors (Lipinski definition) is 1. The molecule has 1 aliphatic heterocycles. The van der Waals surface area contributed by atoms with Crippen LogP contribution < -0.4 is 0 Å². The maximum absolute atomic E-state index is 9.92. The van der Waals surface area contributed by atoms with Crippen LogP contribution in [0.3, 0.4) is 0 Å². The van der Waals surface area contributed by atoms with E-state index in [2.05, 4.69) is 4.74 Å². The van der Waals surface area contributed by atoms with E-state index in [1.165, 1.54) is 0 Å². The fraction of sp³-hybridized carbons (Fsp3) is 0. The molecule has 0 aromatic carbocycles. The third-order valence-electron chi connectivity index (χ3n) is 0.557. The maximum Gasteiger partial charge on any atom is 0.338 e. The summed E-state index contributed by atoms with van der Waals surface area (Å²) in [7, 11) is 0. The van der Waals surface area contributed by atoms with Crippen molar-refractivity contribution < 1.29 is 27.6 Å². The summed E-state index contributed by atoms with van der Waals surface area (Å²) in [6.07, 6.45) is 2.17. The Labute approximate surface area is 64.0 Å². The molecule has 7 heteroatoms. The second kappa shape index (κ2) is 4.72. The van der Waals surface area contributed by atoms with Gasteiger partial charge in [-0.15, -0.1) is 0 Å². The Balaban J connectivity index is 0.000000218. The van der Waals surface area contributed by atoms with Crippen molar-refractivity contribution in [3.8, 4) is 0 Å². The largest absolute Gasteiger partial charge is 0.750 e. The number of ether oxygens (including phenoxy) is 1. The lowest BCUT2D eigenvalue weighted by Gasteiger charge is -1.83. The third-order valence-corrected chi connectivity index (χ3v) is 0.557. The van der Waals surface area contributed by atoms with Gasteiger partial charge >= 0.3 is 11.9 Å². The lowest BCUT2D eigenvalue weighted by Crippen LogP contribution is -1.96. The molecule has 1 aliphatic rings. The van der Waals surface area contributed by atoms with E-state index in [0.717, 1.165) is 12.2 Å². The average molecular weight is 179 g/mol. The van der Waals surface area contributed by atoms with Crippen molar-refractivity contribution in [1.82, 2.24) is 0 Å². The van der Waals surface area contributed by atoms with E-state index >= 15 is 0 Å². The molecule has 11 heavy (non-hydrogen) atoms. The first-order valence-corrected chi connectivity index (χ1v) is 3.27. The summed E-state index contributed by atoms with van der Waals surface area (Å²) >= 11 is -2.86. The summed E-state index contributed by atoms with van der Waals surface area (Å²) in [5, 5.41) is 0. The Morgan fingerprint density at radius 1 is 1.36 bits per heavy atom. The van der Waals surface area contributed by atoms with Gasteiger partial charge in [0.15, 0.2) is 0 Å². The third kappa shape index (κ3) is 6.84. The highest BCUT2D eigenvalue weighted by atomic mass is 32.2. The minimum atomic E-state index is -2.86. The number of cyclic esters (lactones) is 2. The zero-order valence-corrected chi connectivity index (χ0v) is 5.87. The predicted molar refractivity (Wildman–Crippen MR) is 31.8 cm³/mol. The van der Waals surface area contributed by atoms with Crippen molar-refractivity contribution >= 4 is 23.3 Å². The number of esters is 2. The fourth-order valence-electron chi connectivity index (χ4n) is 0.303. The highest BCUT2D eigenvalue weighted by Crippen LogP contribution is 1.92. The van der Waals surface area contributed by atoms with Crippen molar-refractivity contribution in [2.24, 2.45) is 0 Å². The van der Waals surface area contributed by atoms with Gasteiger partial charge in [-0.05, 0) is 0 Å². The van der Waals surface area contributed by atoms with Gasteiger partial charge in [-0.2, -0.15) is 0 Å². The molecule has 0 radical (unpaired) electrons. The standard InChI is InChI=1S/C4H2O3.H2O3S/c5-3-1-2-4(6)7-3;1-4(2)3/h1-2H;(H2,1,2,3)/p-1. The summed E-state index contributed by atoms with van der Waals surface area (Å²) in [5.41, 5.74) is 0. The Kier molecular flexibility index (Phi) is 4.27. The van der Waals surface area contributed by atoms with E-state index in [9.17, 15) is 9.59 Å². The first-order valence-electron chi connectivity index (χ1n) is 2.24. The lowest BCUT2D eigenvalue weighted by molar-refractivity contribution is -0.150. The van der Waals surface area contributed by atoms with Crippen LogP contribution in [-0.2, 0) is 25.7 Å². The van der Waals surface area contributed by atoms with E-state index in [1.54, 1.807) is 0 Å². The van der Waals surface area contributed by atoms with Crippen LogP contribution in [0.5, 0.6) is 0 Å². The fourth-order valence-corrected chi connectivity index (χ4v) is 0.303. The number of hydrogen-bond acceptors (Lipinski definition) is 5. The molecule has 0 aromatic heterocycles. The molecule has 0 bridgehead atoms. The van der Waals surface area contributed by atoms with Crippen LogP contribution in [0.15, 0.2) is 12.2 Å². The summed E-state index contributed by atoms with van der Waals surface area (Å²) in [5.74, 6) is -1.16. The molecule has 1 N–H and O–H groups in total. The molecule has 0 aromatic rings. The molecular formula is C4H3O6S-. The monoisotopic (exact) mass is 179 g/mol. The van der Waals surface area contributed by atoms with Crippen LogP contribution in [0.1, 0.15) is 0 Å². The van der Waals surface area contributed by atoms with Crippen molar-refractivity contribution in [3.05, 3.63) is 12.2 Å². The molecule has 1 unspecified atom stereocenters. The van der Waals surface area contributed by atoms with Gasteiger partial charge in [0.25, 0.3) is 0 Å². The maximum atomic E-state index is 9.92. The van der Waals surface area contributed by atoms with Gasteiger partial charge in [0.05, 0.1) is 11.4 Å². The molecule has 0 fully saturated rings. The van der Waals surface area contributed by atoms with Crippen molar-refractivity contribution in [2.45, 2.75) is 0 Å². The van der Waals surface area contributed by atoms with E-state index < -0.39 is 23.3 Å². The quantitative estimate of drug-likeness (QED) is 0.289. The van der Waals surface area contributed by atoms with Crippen molar-refractivity contribution in [1.29, 1.82) is 0 Å². The predicted octanol–water partition coefficient (Wildman–Crippen LogP) is -1.04. The van der Waals surface area contributed by atoms with E-state index in [-0.39, 0.29) is 0 Å². The van der Waals surface area contributed by atoms with Crippen LogP contribution >= 0.6 is 0 Å².